The van der Waals surface area contributed by atoms with Crippen LogP contribution in [0.2, 0.25) is 5.02 Å². The van der Waals surface area contributed by atoms with E-state index in [2.05, 4.69) is 32.8 Å². The van der Waals surface area contributed by atoms with E-state index in [-0.39, 0.29) is 5.41 Å². The van der Waals surface area contributed by atoms with Crippen LogP contribution in [0.5, 0.6) is 0 Å². The molecule has 0 saturated heterocycles. The van der Waals surface area contributed by atoms with E-state index in [0.717, 1.165) is 6.42 Å². The van der Waals surface area contributed by atoms with Crippen molar-refractivity contribution >= 4 is 11.6 Å². The maximum absolute atomic E-state index is 10.5. The molecule has 0 aromatic carbocycles. The van der Waals surface area contributed by atoms with Crippen LogP contribution in [0.15, 0.2) is 6.20 Å². The minimum Gasteiger partial charge on any atom is -0.387 e. The molecular formula is C15H27ClN2O2. The standard InChI is InChI=1S/C15H27ClN2O2/c1-11(9-15(2,3)4)8-13(19)14-12(16)10-17-18(14)6-7-20-5/h10-11,13,19H,6-9H2,1-5H3. The van der Waals surface area contributed by atoms with Gasteiger partial charge in [0.25, 0.3) is 0 Å². The topological polar surface area (TPSA) is 47.3 Å². The van der Waals surface area contributed by atoms with Crippen molar-refractivity contribution in [2.45, 2.75) is 53.2 Å². The third kappa shape index (κ3) is 5.43. The molecule has 0 saturated carbocycles. The number of hydrogen-bond acceptors (Lipinski definition) is 3. The molecule has 1 rings (SSSR count). The van der Waals surface area contributed by atoms with E-state index in [1.54, 1.807) is 18.0 Å². The van der Waals surface area contributed by atoms with Crippen molar-refractivity contribution in [3.63, 3.8) is 0 Å². The number of aliphatic hydroxyl groups excluding tert-OH is 1. The second kappa shape index (κ2) is 7.43. The van der Waals surface area contributed by atoms with Gasteiger partial charge in [-0.2, -0.15) is 5.10 Å². The van der Waals surface area contributed by atoms with E-state index in [0.29, 0.717) is 36.2 Å². The highest BCUT2D eigenvalue weighted by atomic mass is 35.5. The van der Waals surface area contributed by atoms with Gasteiger partial charge in [0, 0.05) is 7.11 Å². The van der Waals surface area contributed by atoms with Gasteiger partial charge in [-0.3, -0.25) is 4.68 Å². The number of aliphatic hydroxyl groups is 1. The summed E-state index contributed by atoms with van der Waals surface area (Å²) in [6.45, 7) is 9.96. The van der Waals surface area contributed by atoms with Crippen molar-refractivity contribution in [3.8, 4) is 0 Å². The lowest BCUT2D eigenvalue weighted by Gasteiger charge is -2.25. The Bertz CT molecular complexity index is 412. The molecule has 0 aliphatic carbocycles. The Hall–Kier alpha value is -0.580. The van der Waals surface area contributed by atoms with Gasteiger partial charge in [0.05, 0.1) is 36.2 Å². The smallest absolute Gasteiger partial charge is 0.0974 e. The zero-order chi connectivity index (χ0) is 15.3. The van der Waals surface area contributed by atoms with Gasteiger partial charge in [-0.1, -0.05) is 39.3 Å². The fraction of sp³-hybridized carbons (Fsp3) is 0.800. The SMILES string of the molecule is COCCn1ncc(Cl)c1C(O)CC(C)CC(C)(C)C. The van der Waals surface area contributed by atoms with Crippen molar-refractivity contribution < 1.29 is 9.84 Å². The molecule has 1 N–H and O–H groups in total. The Morgan fingerprint density at radius 3 is 2.65 bits per heavy atom. The Labute approximate surface area is 127 Å². The van der Waals surface area contributed by atoms with Crippen LogP contribution in [-0.4, -0.2) is 28.6 Å². The molecule has 1 aromatic heterocycles. The molecule has 0 spiro atoms. The van der Waals surface area contributed by atoms with Crippen LogP contribution in [0.4, 0.5) is 0 Å². The molecule has 2 unspecified atom stereocenters. The molecule has 0 radical (unpaired) electrons. The van der Waals surface area contributed by atoms with Gasteiger partial charge in [-0.25, -0.2) is 0 Å². The maximum atomic E-state index is 10.5. The van der Waals surface area contributed by atoms with Crippen LogP contribution < -0.4 is 0 Å². The Morgan fingerprint density at radius 2 is 2.10 bits per heavy atom. The molecule has 2 atom stereocenters. The number of hydrogen-bond donors (Lipinski definition) is 1. The molecule has 0 fully saturated rings. The largest absolute Gasteiger partial charge is 0.387 e. The first-order chi connectivity index (χ1) is 9.24. The minimum absolute atomic E-state index is 0.263. The Kier molecular flexibility index (Phi) is 6.49. The van der Waals surface area contributed by atoms with Crippen LogP contribution in [0, 0.1) is 11.3 Å². The van der Waals surface area contributed by atoms with Crippen molar-refractivity contribution in [1.29, 1.82) is 0 Å². The molecular weight excluding hydrogens is 276 g/mol. The van der Waals surface area contributed by atoms with Crippen LogP contribution in [0.3, 0.4) is 0 Å². The van der Waals surface area contributed by atoms with E-state index in [9.17, 15) is 5.11 Å². The van der Waals surface area contributed by atoms with E-state index in [1.165, 1.54) is 0 Å². The Balaban J connectivity index is 2.71. The molecule has 5 heteroatoms. The molecule has 0 aliphatic heterocycles. The predicted octanol–water partition coefficient (Wildman–Crippen LogP) is 3.68. The summed E-state index contributed by atoms with van der Waals surface area (Å²) >= 11 is 6.15. The molecule has 1 heterocycles. The van der Waals surface area contributed by atoms with Gasteiger partial charge in [0.1, 0.15) is 0 Å². The number of rotatable bonds is 7. The molecule has 0 bridgehead atoms. The van der Waals surface area contributed by atoms with Crippen LogP contribution in [-0.2, 0) is 11.3 Å². The summed E-state index contributed by atoms with van der Waals surface area (Å²) in [4.78, 5) is 0. The summed E-state index contributed by atoms with van der Waals surface area (Å²) in [5.74, 6) is 0.423. The van der Waals surface area contributed by atoms with Crippen molar-refractivity contribution in [2.75, 3.05) is 13.7 Å². The number of methoxy groups -OCH3 is 1. The normalized spacial score (nSPS) is 15.3. The molecule has 116 valence electrons. The van der Waals surface area contributed by atoms with Crippen LogP contribution in [0.25, 0.3) is 0 Å². The van der Waals surface area contributed by atoms with Crippen molar-refractivity contribution in [3.05, 3.63) is 16.9 Å². The number of nitrogens with zero attached hydrogens (tertiary/aromatic N) is 2. The number of halogens is 1. The van der Waals surface area contributed by atoms with Crippen molar-refractivity contribution in [1.82, 2.24) is 9.78 Å². The molecule has 1 aromatic rings. The van der Waals surface area contributed by atoms with E-state index in [4.69, 9.17) is 16.3 Å². The van der Waals surface area contributed by atoms with Gasteiger partial charge >= 0.3 is 0 Å². The maximum Gasteiger partial charge on any atom is 0.0974 e. The number of ether oxygens (including phenoxy) is 1. The van der Waals surface area contributed by atoms with Crippen LogP contribution >= 0.6 is 11.6 Å². The average molecular weight is 303 g/mol. The predicted molar refractivity (Wildman–Crippen MR) is 81.9 cm³/mol. The third-order valence-electron chi connectivity index (χ3n) is 3.24. The zero-order valence-corrected chi connectivity index (χ0v) is 13.9. The third-order valence-corrected chi connectivity index (χ3v) is 3.53. The fourth-order valence-electron chi connectivity index (χ4n) is 2.68. The first kappa shape index (κ1) is 17.5. The number of aromatic nitrogens is 2. The minimum atomic E-state index is -0.584. The first-order valence-electron chi connectivity index (χ1n) is 7.13. The lowest BCUT2D eigenvalue weighted by atomic mass is 9.83. The van der Waals surface area contributed by atoms with Gasteiger partial charge in [0.2, 0.25) is 0 Å². The highest BCUT2D eigenvalue weighted by Crippen LogP contribution is 2.32. The highest BCUT2D eigenvalue weighted by molar-refractivity contribution is 6.31. The van der Waals surface area contributed by atoms with Gasteiger partial charge in [0.15, 0.2) is 0 Å². The van der Waals surface area contributed by atoms with E-state index >= 15 is 0 Å². The average Bonchev–Trinajstić information content (AvgIpc) is 2.65. The van der Waals surface area contributed by atoms with Gasteiger partial charge in [-0.15, -0.1) is 0 Å². The summed E-state index contributed by atoms with van der Waals surface area (Å²) < 4.78 is 6.79. The summed E-state index contributed by atoms with van der Waals surface area (Å²) in [5, 5.41) is 15.2. The summed E-state index contributed by atoms with van der Waals surface area (Å²) in [6, 6.07) is 0. The lowest BCUT2D eigenvalue weighted by molar-refractivity contribution is 0.120. The van der Waals surface area contributed by atoms with Gasteiger partial charge < -0.3 is 9.84 Å². The zero-order valence-electron chi connectivity index (χ0n) is 13.2. The quantitative estimate of drug-likeness (QED) is 0.836. The second-order valence-corrected chi connectivity index (χ2v) is 7.12. The summed E-state index contributed by atoms with van der Waals surface area (Å²) in [6.07, 6.45) is 2.76. The van der Waals surface area contributed by atoms with Crippen LogP contribution in [0.1, 0.15) is 52.3 Å². The van der Waals surface area contributed by atoms with Crippen molar-refractivity contribution in [2.24, 2.45) is 11.3 Å². The monoisotopic (exact) mass is 302 g/mol. The molecule has 20 heavy (non-hydrogen) atoms. The fourth-order valence-corrected chi connectivity index (χ4v) is 2.95. The van der Waals surface area contributed by atoms with E-state index in [1.807, 2.05) is 0 Å². The van der Waals surface area contributed by atoms with Gasteiger partial charge in [-0.05, 0) is 24.2 Å². The summed E-state index contributed by atoms with van der Waals surface area (Å²) in [7, 11) is 1.65. The second-order valence-electron chi connectivity index (χ2n) is 6.72. The lowest BCUT2D eigenvalue weighted by Crippen LogP contribution is -2.17. The summed E-state index contributed by atoms with van der Waals surface area (Å²) in [5.41, 5.74) is 0.962. The molecule has 0 aliphatic rings. The Morgan fingerprint density at radius 1 is 1.45 bits per heavy atom. The molecule has 4 nitrogen and oxygen atoms in total. The van der Waals surface area contributed by atoms with E-state index < -0.39 is 6.10 Å². The first-order valence-corrected chi connectivity index (χ1v) is 7.50. The highest BCUT2D eigenvalue weighted by Gasteiger charge is 2.23. The molecule has 0 amide bonds.